The summed E-state index contributed by atoms with van der Waals surface area (Å²) in [5.41, 5.74) is 1.00. The van der Waals surface area contributed by atoms with Crippen LogP contribution in [0.4, 0.5) is 0 Å². The van der Waals surface area contributed by atoms with Gasteiger partial charge in [0, 0.05) is 48.1 Å². The third kappa shape index (κ3) is 4.23. The number of fused-ring (bicyclic) bond motifs is 1. The number of aliphatic carboxylic acids is 1. The maximum Gasteiger partial charge on any atom is 0.303 e. The Kier molecular flexibility index (Phi) is 5.22. The largest absolute Gasteiger partial charge is 0.481 e. The van der Waals surface area contributed by atoms with Gasteiger partial charge in [-0.05, 0) is 24.6 Å². The zero-order valence-corrected chi connectivity index (χ0v) is 12.3. The average molecular weight is 309 g/mol. The number of amides is 1. The summed E-state index contributed by atoms with van der Waals surface area (Å²) >= 11 is 6.10. The van der Waals surface area contributed by atoms with Crippen molar-refractivity contribution in [3.05, 3.63) is 35.5 Å². The molecule has 2 aromatic rings. The molecule has 0 radical (unpaired) electrons. The van der Waals surface area contributed by atoms with Crippen LogP contribution in [-0.2, 0) is 16.1 Å². The molecule has 2 rings (SSSR count). The second-order valence-electron chi connectivity index (χ2n) is 4.78. The molecule has 0 saturated carbocycles. The predicted octanol–water partition coefficient (Wildman–Crippen LogP) is 2.67. The summed E-state index contributed by atoms with van der Waals surface area (Å²) in [6.45, 7) is 0.956. The molecule has 0 spiro atoms. The number of halogens is 1. The number of carbonyl (C=O) groups is 2. The van der Waals surface area contributed by atoms with E-state index in [9.17, 15) is 9.59 Å². The van der Waals surface area contributed by atoms with E-state index in [0.717, 1.165) is 10.9 Å². The van der Waals surface area contributed by atoms with E-state index in [1.807, 2.05) is 35.0 Å². The third-order valence-electron chi connectivity index (χ3n) is 3.23. The van der Waals surface area contributed by atoms with Crippen LogP contribution < -0.4 is 5.32 Å². The van der Waals surface area contributed by atoms with Gasteiger partial charge in [0.05, 0.1) is 0 Å². The molecule has 1 aromatic carbocycles. The molecule has 0 aliphatic heterocycles. The smallest absolute Gasteiger partial charge is 0.303 e. The molecule has 0 bridgehead atoms. The van der Waals surface area contributed by atoms with Gasteiger partial charge in [0.1, 0.15) is 0 Å². The lowest BCUT2D eigenvalue weighted by atomic mass is 10.2. The average Bonchev–Trinajstić information content (AvgIpc) is 2.86. The van der Waals surface area contributed by atoms with Crippen LogP contribution in [0.25, 0.3) is 10.9 Å². The van der Waals surface area contributed by atoms with E-state index < -0.39 is 5.97 Å². The molecule has 0 unspecified atom stereocenters. The quantitative estimate of drug-likeness (QED) is 0.772. The number of carboxylic acid groups (broad SMARTS) is 1. The molecule has 0 aliphatic rings. The van der Waals surface area contributed by atoms with Crippen molar-refractivity contribution >= 4 is 34.4 Å². The van der Waals surface area contributed by atoms with E-state index in [1.54, 1.807) is 0 Å². The lowest BCUT2D eigenvalue weighted by molar-refractivity contribution is -0.137. The Morgan fingerprint density at radius 1 is 1.24 bits per heavy atom. The van der Waals surface area contributed by atoms with E-state index in [-0.39, 0.29) is 12.3 Å². The Morgan fingerprint density at radius 3 is 2.81 bits per heavy atom. The molecule has 1 aromatic heterocycles. The number of hydrogen-bond donors (Lipinski definition) is 2. The maximum absolute atomic E-state index is 11.7. The van der Waals surface area contributed by atoms with Crippen LogP contribution in [-0.4, -0.2) is 28.1 Å². The van der Waals surface area contributed by atoms with E-state index in [0.29, 0.717) is 31.0 Å². The fourth-order valence-corrected chi connectivity index (χ4v) is 2.39. The van der Waals surface area contributed by atoms with Crippen molar-refractivity contribution in [2.75, 3.05) is 6.54 Å². The minimum absolute atomic E-state index is 0.0705. The van der Waals surface area contributed by atoms with Gasteiger partial charge in [0.2, 0.25) is 5.91 Å². The predicted molar refractivity (Wildman–Crippen MR) is 81.4 cm³/mol. The van der Waals surface area contributed by atoms with E-state index in [4.69, 9.17) is 16.7 Å². The van der Waals surface area contributed by atoms with Gasteiger partial charge in [-0.15, -0.1) is 0 Å². The van der Waals surface area contributed by atoms with Gasteiger partial charge in [-0.3, -0.25) is 9.59 Å². The SMILES string of the molecule is O=C(O)CCCNC(=O)CCn1ccc2c(Cl)cccc21. The summed E-state index contributed by atoms with van der Waals surface area (Å²) in [5, 5.41) is 12.9. The lowest BCUT2D eigenvalue weighted by Crippen LogP contribution is -2.25. The highest BCUT2D eigenvalue weighted by molar-refractivity contribution is 6.35. The van der Waals surface area contributed by atoms with Gasteiger partial charge in [-0.2, -0.15) is 0 Å². The molecule has 21 heavy (non-hydrogen) atoms. The number of aromatic nitrogens is 1. The number of aryl methyl sites for hydroxylation is 1. The van der Waals surface area contributed by atoms with Gasteiger partial charge in [0.25, 0.3) is 0 Å². The number of carbonyl (C=O) groups excluding carboxylic acids is 1. The van der Waals surface area contributed by atoms with Crippen molar-refractivity contribution in [2.45, 2.75) is 25.8 Å². The molecule has 0 saturated heterocycles. The summed E-state index contributed by atoms with van der Waals surface area (Å²) in [6, 6.07) is 7.62. The minimum atomic E-state index is -0.847. The van der Waals surface area contributed by atoms with Crippen LogP contribution in [0.5, 0.6) is 0 Å². The monoisotopic (exact) mass is 308 g/mol. The number of nitrogens with one attached hydrogen (secondary N) is 1. The number of benzene rings is 1. The molecular formula is C15H17ClN2O3. The molecular weight excluding hydrogens is 292 g/mol. The van der Waals surface area contributed by atoms with Gasteiger partial charge >= 0.3 is 5.97 Å². The first-order valence-corrected chi connectivity index (χ1v) is 7.17. The minimum Gasteiger partial charge on any atom is -0.481 e. The summed E-state index contributed by atoms with van der Waals surface area (Å²) in [7, 11) is 0. The molecule has 112 valence electrons. The van der Waals surface area contributed by atoms with Gasteiger partial charge in [0.15, 0.2) is 0 Å². The lowest BCUT2D eigenvalue weighted by Gasteiger charge is -2.07. The highest BCUT2D eigenvalue weighted by atomic mass is 35.5. The van der Waals surface area contributed by atoms with Crippen LogP contribution in [0.2, 0.25) is 5.02 Å². The number of hydrogen-bond acceptors (Lipinski definition) is 2. The fraction of sp³-hybridized carbons (Fsp3) is 0.333. The van der Waals surface area contributed by atoms with Crippen LogP contribution >= 0.6 is 11.6 Å². The highest BCUT2D eigenvalue weighted by Crippen LogP contribution is 2.24. The number of nitrogens with zero attached hydrogens (tertiary/aromatic N) is 1. The van der Waals surface area contributed by atoms with Crippen LogP contribution in [0, 0.1) is 0 Å². The molecule has 6 heteroatoms. The van der Waals surface area contributed by atoms with Crippen molar-refractivity contribution in [2.24, 2.45) is 0 Å². The molecule has 1 heterocycles. The Bertz CT molecular complexity index is 651. The Balaban J connectivity index is 1.83. The van der Waals surface area contributed by atoms with Gasteiger partial charge in [-0.25, -0.2) is 0 Å². The van der Waals surface area contributed by atoms with Gasteiger partial charge < -0.3 is 15.0 Å². The second kappa shape index (κ2) is 7.13. The second-order valence-corrected chi connectivity index (χ2v) is 5.19. The van der Waals surface area contributed by atoms with Crippen molar-refractivity contribution in [1.82, 2.24) is 9.88 Å². The van der Waals surface area contributed by atoms with E-state index in [2.05, 4.69) is 5.32 Å². The summed E-state index contributed by atoms with van der Waals surface area (Å²) in [6.07, 6.45) is 2.78. The molecule has 5 nitrogen and oxygen atoms in total. The van der Waals surface area contributed by atoms with Crippen LogP contribution in [0.3, 0.4) is 0 Å². The van der Waals surface area contributed by atoms with Crippen molar-refractivity contribution in [3.63, 3.8) is 0 Å². The first-order valence-electron chi connectivity index (χ1n) is 6.80. The number of rotatable bonds is 7. The number of carboxylic acids is 1. The molecule has 1 amide bonds. The fourth-order valence-electron chi connectivity index (χ4n) is 2.16. The zero-order valence-electron chi connectivity index (χ0n) is 11.5. The Morgan fingerprint density at radius 2 is 2.05 bits per heavy atom. The highest BCUT2D eigenvalue weighted by Gasteiger charge is 2.06. The molecule has 0 aliphatic carbocycles. The zero-order chi connectivity index (χ0) is 15.2. The first-order chi connectivity index (χ1) is 10.1. The molecule has 2 N–H and O–H groups in total. The standard InChI is InChI=1S/C15H17ClN2O3/c16-12-3-1-4-13-11(12)6-9-18(13)10-7-14(19)17-8-2-5-15(20)21/h1,3-4,6,9H,2,5,7-8,10H2,(H,17,19)(H,20,21). The summed E-state index contributed by atoms with van der Waals surface area (Å²) < 4.78 is 1.98. The summed E-state index contributed by atoms with van der Waals surface area (Å²) in [5.74, 6) is -0.927. The van der Waals surface area contributed by atoms with Crippen LogP contribution in [0.15, 0.2) is 30.5 Å². The Hall–Kier alpha value is -2.01. The maximum atomic E-state index is 11.7. The van der Waals surface area contributed by atoms with Crippen LogP contribution in [0.1, 0.15) is 19.3 Å². The third-order valence-corrected chi connectivity index (χ3v) is 3.56. The molecule has 0 atom stereocenters. The van der Waals surface area contributed by atoms with Crippen molar-refractivity contribution in [1.29, 1.82) is 0 Å². The Labute approximate surface area is 127 Å². The molecule has 0 fully saturated rings. The normalized spacial score (nSPS) is 10.7. The topological polar surface area (TPSA) is 71.3 Å². The van der Waals surface area contributed by atoms with E-state index in [1.165, 1.54) is 0 Å². The summed E-state index contributed by atoms with van der Waals surface area (Å²) in [4.78, 5) is 22.0. The first kappa shape index (κ1) is 15.4. The van der Waals surface area contributed by atoms with Gasteiger partial charge in [-0.1, -0.05) is 17.7 Å². The van der Waals surface area contributed by atoms with Crippen molar-refractivity contribution < 1.29 is 14.7 Å². The van der Waals surface area contributed by atoms with E-state index >= 15 is 0 Å². The van der Waals surface area contributed by atoms with Crippen molar-refractivity contribution in [3.8, 4) is 0 Å².